The van der Waals surface area contributed by atoms with Gasteiger partial charge in [-0.1, -0.05) is 68.2 Å². The lowest BCUT2D eigenvalue weighted by molar-refractivity contribution is -0.148. The largest absolute Gasteiger partial charge is 0.507 e. The van der Waals surface area contributed by atoms with Crippen LogP contribution >= 0.6 is 0 Å². The summed E-state index contributed by atoms with van der Waals surface area (Å²) in [6, 6.07) is 3.50. The van der Waals surface area contributed by atoms with Gasteiger partial charge in [-0.25, -0.2) is 4.79 Å². The third-order valence-corrected chi connectivity index (χ3v) is 6.55. The lowest BCUT2D eigenvalue weighted by atomic mass is 9.78. The summed E-state index contributed by atoms with van der Waals surface area (Å²) < 4.78 is 13.0. The zero-order valence-corrected chi connectivity index (χ0v) is 24.3. The van der Waals surface area contributed by atoms with E-state index in [4.69, 9.17) is 4.74 Å². The molecule has 9 heteroatoms. The number of aromatic nitrogens is 2. The highest BCUT2D eigenvalue weighted by molar-refractivity contribution is 5.96. The number of ether oxygens (including phenoxy) is 2. The fourth-order valence-electron chi connectivity index (χ4n) is 4.14. The van der Waals surface area contributed by atoms with E-state index < -0.39 is 18.9 Å². The topological polar surface area (TPSA) is 112 Å². The first-order valence-electron chi connectivity index (χ1n) is 13.1. The van der Waals surface area contributed by atoms with Gasteiger partial charge in [0.2, 0.25) is 12.4 Å². The summed E-state index contributed by atoms with van der Waals surface area (Å²) in [4.78, 5) is 41.1. The van der Waals surface area contributed by atoms with Crippen molar-refractivity contribution in [1.82, 2.24) is 9.13 Å². The Morgan fingerprint density at radius 3 is 1.92 bits per heavy atom. The molecule has 0 spiro atoms. The summed E-state index contributed by atoms with van der Waals surface area (Å²) in [7, 11) is 0. The molecule has 210 valence electrons. The fourth-order valence-corrected chi connectivity index (χ4v) is 4.14. The van der Waals surface area contributed by atoms with Gasteiger partial charge in [-0.2, -0.15) is 0 Å². The van der Waals surface area contributed by atoms with Crippen molar-refractivity contribution in [2.75, 3.05) is 6.79 Å². The first kappa shape index (κ1) is 30.9. The molecule has 0 fully saturated rings. The van der Waals surface area contributed by atoms with Crippen molar-refractivity contribution in [2.45, 2.75) is 99.1 Å². The summed E-state index contributed by atoms with van der Waals surface area (Å²) in [5, 5.41) is 11.0. The Bertz CT molecular complexity index is 1190. The fraction of sp³-hybridized carbons (Fsp3) is 0.586. The van der Waals surface area contributed by atoms with E-state index in [0.717, 1.165) is 12.8 Å². The van der Waals surface area contributed by atoms with Crippen LogP contribution in [0.5, 0.6) is 5.75 Å². The molecule has 0 saturated carbocycles. The van der Waals surface area contributed by atoms with E-state index in [-0.39, 0.29) is 34.5 Å². The first-order valence-corrected chi connectivity index (χ1v) is 13.1. The van der Waals surface area contributed by atoms with Gasteiger partial charge >= 0.3 is 12.1 Å². The standard InChI is InChI=1S/C29H43N3O6/c1-10-20(11-2)16-31-12-13-32(26(31)30-27(36)38-18-37-19(3)33)17-24(34)21-14-22(28(4,5)6)25(35)23(15-21)29(7,8)9/h12-15,20,35H,10-11,16-18H2,1-9H3/b30-26-. The van der Waals surface area contributed by atoms with E-state index in [1.165, 1.54) is 6.92 Å². The van der Waals surface area contributed by atoms with E-state index in [0.29, 0.717) is 29.2 Å². The molecule has 0 aliphatic carbocycles. The number of phenols is 1. The van der Waals surface area contributed by atoms with Crippen molar-refractivity contribution in [3.8, 4) is 5.75 Å². The monoisotopic (exact) mass is 529 g/mol. The van der Waals surface area contributed by atoms with Gasteiger partial charge in [-0.3, -0.25) is 9.59 Å². The smallest absolute Gasteiger partial charge is 0.439 e. The van der Waals surface area contributed by atoms with Crippen LogP contribution in [0, 0.1) is 5.92 Å². The number of imidazole rings is 1. The van der Waals surface area contributed by atoms with Crippen molar-refractivity contribution in [2.24, 2.45) is 10.9 Å². The SMILES string of the molecule is CCC(CC)Cn1ccn(CC(=O)c2cc(C(C)(C)C)c(O)c(C(C)(C)C)c2)/c1=N\C(=O)OCOC(C)=O. The number of Topliss-reactive ketones (excluding diaryl/α,β-unsaturated/α-hetero) is 1. The van der Waals surface area contributed by atoms with Gasteiger partial charge in [0.25, 0.3) is 0 Å². The number of amides is 1. The van der Waals surface area contributed by atoms with E-state index in [9.17, 15) is 19.5 Å². The zero-order chi connectivity index (χ0) is 28.8. The molecular formula is C29H43N3O6. The normalized spacial score (nSPS) is 12.6. The molecule has 0 atom stereocenters. The minimum Gasteiger partial charge on any atom is -0.507 e. The van der Waals surface area contributed by atoms with Crippen LogP contribution in [-0.4, -0.2) is 38.9 Å². The summed E-state index contributed by atoms with van der Waals surface area (Å²) >= 11 is 0. The van der Waals surface area contributed by atoms with Crippen molar-refractivity contribution in [3.63, 3.8) is 0 Å². The molecule has 0 bridgehead atoms. The first-order chi connectivity index (χ1) is 17.6. The lowest BCUT2D eigenvalue weighted by Gasteiger charge is -2.28. The van der Waals surface area contributed by atoms with Crippen LogP contribution in [-0.2, 0) is 38.2 Å². The average Bonchev–Trinajstić information content (AvgIpc) is 3.16. The number of esters is 1. The molecule has 1 aromatic carbocycles. The Hall–Kier alpha value is -3.36. The van der Waals surface area contributed by atoms with Crippen molar-refractivity contribution in [3.05, 3.63) is 46.8 Å². The number of benzene rings is 1. The van der Waals surface area contributed by atoms with Crippen LogP contribution in [0.15, 0.2) is 29.5 Å². The van der Waals surface area contributed by atoms with Crippen LogP contribution in [0.4, 0.5) is 4.79 Å². The Morgan fingerprint density at radius 2 is 1.45 bits per heavy atom. The molecule has 1 heterocycles. The molecule has 0 aliphatic heterocycles. The summed E-state index contributed by atoms with van der Waals surface area (Å²) in [5.41, 5.74) is 1.38. The molecule has 9 nitrogen and oxygen atoms in total. The molecule has 0 radical (unpaired) electrons. The lowest BCUT2D eigenvalue weighted by Crippen LogP contribution is -2.31. The van der Waals surface area contributed by atoms with Crippen molar-refractivity contribution in [1.29, 1.82) is 0 Å². The Morgan fingerprint density at radius 1 is 0.921 bits per heavy atom. The predicted molar refractivity (Wildman–Crippen MR) is 145 cm³/mol. The number of aromatic hydroxyl groups is 1. The Kier molecular flexibility index (Phi) is 10.1. The maximum Gasteiger partial charge on any atom is 0.439 e. The Balaban J connectivity index is 2.53. The van der Waals surface area contributed by atoms with Crippen LogP contribution in [0.2, 0.25) is 0 Å². The number of rotatable bonds is 9. The molecule has 2 rings (SSSR count). The molecule has 0 aliphatic rings. The van der Waals surface area contributed by atoms with E-state index >= 15 is 0 Å². The minimum atomic E-state index is -0.924. The molecule has 1 N–H and O–H groups in total. The summed E-state index contributed by atoms with van der Waals surface area (Å²) in [5.74, 6) is -0.195. The van der Waals surface area contributed by atoms with Gasteiger partial charge in [0.05, 0.1) is 6.54 Å². The molecule has 1 amide bonds. The second-order valence-electron chi connectivity index (χ2n) is 11.7. The van der Waals surface area contributed by atoms with Crippen LogP contribution in [0.3, 0.4) is 0 Å². The van der Waals surface area contributed by atoms with E-state index in [1.54, 1.807) is 29.1 Å². The van der Waals surface area contributed by atoms with Gasteiger partial charge in [-0.05, 0) is 28.9 Å². The third-order valence-electron chi connectivity index (χ3n) is 6.55. The Labute approximate surface area is 225 Å². The predicted octanol–water partition coefficient (Wildman–Crippen LogP) is 5.47. The van der Waals surface area contributed by atoms with Crippen molar-refractivity contribution >= 4 is 17.8 Å². The van der Waals surface area contributed by atoms with Crippen LogP contribution in [0.1, 0.15) is 96.6 Å². The third kappa shape index (κ3) is 8.07. The molecule has 2 aromatic rings. The molecule has 1 aromatic heterocycles. The highest BCUT2D eigenvalue weighted by atomic mass is 16.7. The second kappa shape index (κ2) is 12.5. The number of carbonyl (C=O) groups excluding carboxylic acids is 3. The quantitative estimate of drug-likeness (QED) is 0.262. The van der Waals surface area contributed by atoms with Crippen LogP contribution < -0.4 is 5.62 Å². The highest BCUT2D eigenvalue weighted by Gasteiger charge is 2.28. The van der Waals surface area contributed by atoms with E-state index in [1.807, 2.05) is 46.1 Å². The number of phenolic OH excluding ortho intramolecular Hbond substituents is 1. The van der Waals surface area contributed by atoms with Gasteiger partial charge < -0.3 is 23.7 Å². The minimum absolute atomic E-state index is 0.0656. The summed E-state index contributed by atoms with van der Waals surface area (Å²) in [6.07, 6.45) is 4.48. The van der Waals surface area contributed by atoms with Gasteiger partial charge in [0.15, 0.2) is 5.78 Å². The number of carbonyl (C=O) groups is 3. The highest BCUT2D eigenvalue weighted by Crippen LogP contribution is 2.39. The number of hydrogen-bond acceptors (Lipinski definition) is 6. The average molecular weight is 530 g/mol. The zero-order valence-electron chi connectivity index (χ0n) is 24.3. The van der Waals surface area contributed by atoms with Gasteiger partial charge in [-0.15, -0.1) is 4.99 Å². The summed E-state index contributed by atoms with van der Waals surface area (Å²) in [6.45, 7) is 17.4. The van der Waals surface area contributed by atoms with Crippen molar-refractivity contribution < 1.29 is 29.0 Å². The number of hydrogen-bond donors (Lipinski definition) is 1. The number of nitrogens with zero attached hydrogens (tertiary/aromatic N) is 3. The second-order valence-corrected chi connectivity index (χ2v) is 11.7. The maximum absolute atomic E-state index is 13.6. The van der Waals surface area contributed by atoms with E-state index in [2.05, 4.69) is 23.6 Å². The van der Waals surface area contributed by atoms with Crippen LogP contribution in [0.25, 0.3) is 0 Å². The molecule has 0 unspecified atom stereocenters. The van der Waals surface area contributed by atoms with Gasteiger partial charge in [0, 0.05) is 42.6 Å². The van der Waals surface area contributed by atoms with Gasteiger partial charge in [0.1, 0.15) is 5.75 Å². The molecular weight excluding hydrogens is 486 g/mol. The molecule has 38 heavy (non-hydrogen) atoms. The maximum atomic E-state index is 13.6. The number of ketones is 1. The molecule has 0 saturated heterocycles.